The highest BCUT2D eigenvalue weighted by atomic mass is 35.5. The minimum absolute atomic E-state index is 0.315. The van der Waals surface area contributed by atoms with Gasteiger partial charge in [0.25, 0.3) is 0 Å². The number of hydrogen-bond acceptors (Lipinski definition) is 3. The van der Waals surface area contributed by atoms with E-state index < -0.39 is 0 Å². The fraction of sp³-hybridized carbons (Fsp3) is 0.0625. The van der Waals surface area contributed by atoms with Gasteiger partial charge in [-0.1, -0.05) is 23.7 Å². The molecular formula is C16H10ClFN4. The Labute approximate surface area is 130 Å². The van der Waals surface area contributed by atoms with Crippen molar-refractivity contribution >= 4 is 28.2 Å². The fourth-order valence-electron chi connectivity index (χ4n) is 2.45. The predicted octanol–water partition coefficient (Wildman–Crippen LogP) is 3.66. The van der Waals surface area contributed by atoms with E-state index in [1.54, 1.807) is 16.8 Å². The summed E-state index contributed by atoms with van der Waals surface area (Å²) in [4.78, 5) is 4.33. The highest BCUT2D eigenvalue weighted by molar-refractivity contribution is 6.30. The van der Waals surface area contributed by atoms with Crippen molar-refractivity contribution in [2.75, 3.05) is 0 Å². The average Bonchev–Trinajstić information content (AvgIpc) is 2.93. The molecule has 0 bridgehead atoms. The summed E-state index contributed by atoms with van der Waals surface area (Å²) in [5.41, 5.74) is 2.37. The molecule has 4 rings (SSSR count). The van der Waals surface area contributed by atoms with Crippen molar-refractivity contribution in [1.82, 2.24) is 19.6 Å². The van der Waals surface area contributed by atoms with Gasteiger partial charge in [-0.2, -0.15) is 0 Å². The third-order valence-electron chi connectivity index (χ3n) is 3.55. The van der Waals surface area contributed by atoms with Gasteiger partial charge >= 0.3 is 0 Å². The molecule has 0 aliphatic heterocycles. The van der Waals surface area contributed by atoms with E-state index in [4.69, 9.17) is 11.6 Å². The van der Waals surface area contributed by atoms with Gasteiger partial charge in [0, 0.05) is 16.8 Å². The molecule has 0 saturated heterocycles. The molecule has 0 atom stereocenters. The third-order valence-corrected chi connectivity index (χ3v) is 3.81. The van der Waals surface area contributed by atoms with Crippen LogP contribution in [0.1, 0.15) is 11.4 Å². The Morgan fingerprint density at radius 2 is 1.86 bits per heavy atom. The predicted molar refractivity (Wildman–Crippen MR) is 82.5 cm³/mol. The number of hydrogen-bond donors (Lipinski definition) is 0. The second-order valence-electron chi connectivity index (χ2n) is 5.02. The van der Waals surface area contributed by atoms with E-state index in [1.807, 2.05) is 24.3 Å². The summed E-state index contributed by atoms with van der Waals surface area (Å²) in [7, 11) is 0. The first-order valence-corrected chi connectivity index (χ1v) is 7.11. The zero-order valence-corrected chi connectivity index (χ0v) is 12.1. The Bertz CT molecular complexity index is 979. The first-order valence-electron chi connectivity index (χ1n) is 6.73. The number of nitrogens with zero attached hydrogens (tertiary/aromatic N) is 4. The lowest BCUT2D eigenvalue weighted by Gasteiger charge is -2.03. The van der Waals surface area contributed by atoms with Crippen molar-refractivity contribution in [3.8, 4) is 0 Å². The summed E-state index contributed by atoms with van der Waals surface area (Å²) in [5.74, 6) is 0.431. The lowest BCUT2D eigenvalue weighted by atomic mass is 10.1. The molecule has 0 fully saturated rings. The molecule has 0 aliphatic carbocycles. The Balaban J connectivity index is 1.84. The van der Waals surface area contributed by atoms with Crippen LogP contribution in [0.15, 0.2) is 48.8 Å². The first-order chi connectivity index (χ1) is 10.7. The number of halogens is 2. The summed E-state index contributed by atoms with van der Waals surface area (Å²) in [6, 6.07) is 12.0. The van der Waals surface area contributed by atoms with Gasteiger partial charge in [0.2, 0.25) is 0 Å². The van der Waals surface area contributed by atoms with Crippen LogP contribution in [0.4, 0.5) is 4.39 Å². The van der Waals surface area contributed by atoms with E-state index in [9.17, 15) is 4.39 Å². The van der Waals surface area contributed by atoms with E-state index in [0.717, 1.165) is 11.4 Å². The molecule has 4 nitrogen and oxygen atoms in total. The average molecular weight is 313 g/mol. The minimum atomic E-state index is -0.315. The lowest BCUT2D eigenvalue weighted by molar-refractivity contribution is 0.629. The zero-order chi connectivity index (χ0) is 15.1. The van der Waals surface area contributed by atoms with Gasteiger partial charge in [0.05, 0.1) is 5.52 Å². The second-order valence-corrected chi connectivity index (χ2v) is 5.46. The molecule has 2 aromatic heterocycles. The Kier molecular flexibility index (Phi) is 3.01. The van der Waals surface area contributed by atoms with Crippen molar-refractivity contribution in [2.24, 2.45) is 0 Å². The number of aromatic nitrogens is 4. The largest absolute Gasteiger partial charge is 0.268 e. The summed E-state index contributed by atoms with van der Waals surface area (Å²) in [6.45, 7) is 0. The molecule has 0 N–H and O–H groups in total. The molecule has 6 heteroatoms. The Morgan fingerprint density at radius 1 is 1.05 bits per heavy atom. The van der Waals surface area contributed by atoms with Crippen LogP contribution >= 0.6 is 11.6 Å². The van der Waals surface area contributed by atoms with Gasteiger partial charge in [-0.05, 0) is 35.9 Å². The number of fused-ring (bicyclic) bond motifs is 3. The number of benzene rings is 2. The fourth-order valence-corrected chi connectivity index (χ4v) is 2.58. The van der Waals surface area contributed by atoms with Crippen LogP contribution in [0.25, 0.3) is 16.6 Å². The first kappa shape index (κ1) is 13.2. The monoisotopic (exact) mass is 312 g/mol. The molecular weight excluding hydrogens is 303 g/mol. The standard InChI is InChI=1S/C16H10ClFN4/c17-11-3-1-10(2-4-11)7-15-20-21-16-13-8-12(18)5-6-14(13)19-9-22(15)16/h1-6,8-9H,7H2. The topological polar surface area (TPSA) is 43.1 Å². The van der Waals surface area contributed by atoms with E-state index in [0.29, 0.717) is 28.0 Å². The van der Waals surface area contributed by atoms with Gasteiger partial charge in [-0.15, -0.1) is 10.2 Å². The normalized spacial score (nSPS) is 11.4. The van der Waals surface area contributed by atoms with Crippen molar-refractivity contribution in [3.05, 3.63) is 71.0 Å². The minimum Gasteiger partial charge on any atom is -0.268 e. The molecule has 0 aliphatic rings. The Hall–Kier alpha value is -2.53. The highest BCUT2D eigenvalue weighted by Gasteiger charge is 2.11. The summed E-state index contributed by atoms with van der Waals surface area (Å²) < 4.78 is 15.2. The summed E-state index contributed by atoms with van der Waals surface area (Å²) in [5, 5.41) is 9.74. The van der Waals surface area contributed by atoms with E-state index in [2.05, 4.69) is 15.2 Å². The summed E-state index contributed by atoms with van der Waals surface area (Å²) >= 11 is 5.89. The lowest BCUT2D eigenvalue weighted by Crippen LogP contribution is -1.98. The molecule has 0 saturated carbocycles. The number of rotatable bonds is 2. The molecule has 2 aromatic carbocycles. The maximum Gasteiger partial charge on any atom is 0.171 e. The quantitative estimate of drug-likeness (QED) is 0.567. The van der Waals surface area contributed by atoms with Crippen molar-refractivity contribution in [3.63, 3.8) is 0 Å². The maximum absolute atomic E-state index is 13.5. The van der Waals surface area contributed by atoms with Crippen molar-refractivity contribution in [1.29, 1.82) is 0 Å². The Morgan fingerprint density at radius 3 is 2.68 bits per heavy atom. The molecule has 108 valence electrons. The van der Waals surface area contributed by atoms with Gasteiger partial charge in [-0.3, -0.25) is 4.40 Å². The van der Waals surface area contributed by atoms with Crippen LogP contribution in [0.5, 0.6) is 0 Å². The van der Waals surface area contributed by atoms with Crippen LogP contribution in [0.3, 0.4) is 0 Å². The van der Waals surface area contributed by atoms with Crippen LogP contribution in [-0.2, 0) is 6.42 Å². The van der Waals surface area contributed by atoms with Crippen LogP contribution in [0, 0.1) is 5.82 Å². The maximum atomic E-state index is 13.5. The van der Waals surface area contributed by atoms with E-state index in [1.165, 1.54) is 12.1 Å². The highest BCUT2D eigenvalue weighted by Crippen LogP contribution is 2.20. The molecule has 22 heavy (non-hydrogen) atoms. The van der Waals surface area contributed by atoms with E-state index >= 15 is 0 Å². The third kappa shape index (κ3) is 2.19. The van der Waals surface area contributed by atoms with Gasteiger partial charge in [0.1, 0.15) is 18.0 Å². The molecule has 0 radical (unpaired) electrons. The van der Waals surface area contributed by atoms with E-state index in [-0.39, 0.29) is 5.82 Å². The van der Waals surface area contributed by atoms with Gasteiger partial charge < -0.3 is 0 Å². The molecule has 0 spiro atoms. The van der Waals surface area contributed by atoms with Crippen LogP contribution in [-0.4, -0.2) is 19.6 Å². The van der Waals surface area contributed by atoms with Crippen LogP contribution < -0.4 is 0 Å². The van der Waals surface area contributed by atoms with Crippen molar-refractivity contribution in [2.45, 2.75) is 6.42 Å². The SMILES string of the molecule is Fc1ccc2ncn3c(Cc4ccc(Cl)cc4)nnc3c2c1. The molecule has 2 heterocycles. The van der Waals surface area contributed by atoms with Gasteiger partial charge in [-0.25, -0.2) is 9.37 Å². The van der Waals surface area contributed by atoms with Crippen LogP contribution in [0.2, 0.25) is 5.02 Å². The molecule has 4 aromatic rings. The molecule has 0 unspecified atom stereocenters. The summed E-state index contributed by atoms with van der Waals surface area (Å²) in [6.07, 6.45) is 2.27. The van der Waals surface area contributed by atoms with Crippen molar-refractivity contribution < 1.29 is 4.39 Å². The van der Waals surface area contributed by atoms with Gasteiger partial charge in [0.15, 0.2) is 5.65 Å². The zero-order valence-electron chi connectivity index (χ0n) is 11.4. The smallest absolute Gasteiger partial charge is 0.171 e. The second kappa shape index (κ2) is 5.03. The molecule has 0 amide bonds.